The summed E-state index contributed by atoms with van der Waals surface area (Å²) in [4.78, 5) is 28.6. The normalized spacial score (nSPS) is 14.4. The number of aliphatic imine (C=N–C) groups is 1. The Bertz CT molecular complexity index is 1230. The summed E-state index contributed by atoms with van der Waals surface area (Å²) in [7, 11) is 0. The van der Waals surface area contributed by atoms with Crippen molar-refractivity contribution in [3.05, 3.63) is 104 Å². The van der Waals surface area contributed by atoms with Gasteiger partial charge in [0.05, 0.1) is 20.1 Å². The van der Waals surface area contributed by atoms with Crippen LogP contribution in [0.5, 0.6) is 5.75 Å². The highest BCUT2D eigenvalue weighted by Crippen LogP contribution is 2.36. The second kappa shape index (κ2) is 8.95. The van der Waals surface area contributed by atoms with Crippen molar-refractivity contribution in [2.45, 2.75) is 0 Å². The molecule has 0 saturated carbocycles. The molecule has 3 aromatic carbocycles. The van der Waals surface area contributed by atoms with Gasteiger partial charge in [-0.25, -0.2) is 19.0 Å². The molecule has 1 heterocycles. The van der Waals surface area contributed by atoms with E-state index in [1.54, 1.807) is 48.5 Å². The van der Waals surface area contributed by atoms with Crippen molar-refractivity contribution >= 4 is 55.8 Å². The first-order chi connectivity index (χ1) is 14.9. The third-order valence-electron chi connectivity index (χ3n) is 4.25. The summed E-state index contributed by atoms with van der Waals surface area (Å²) in [6.45, 7) is 0. The number of rotatable bonds is 4. The van der Waals surface area contributed by atoms with Crippen LogP contribution in [0.1, 0.15) is 21.5 Å². The lowest BCUT2D eigenvalue weighted by Crippen LogP contribution is -2.09. The van der Waals surface area contributed by atoms with Crippen molar-refractivity contribution in [2.75, 3.05) is 0 Å². The van der Waals surface area contributed by atoms with Gasteiger partial charge < -0.3 is 9.47 Å². The van der Waals surface area contributed by atoms with E-state index in [0.717, 1.165) is 0 Å². The summed E-state index contributed by atoms with van der Waals surface area (Å²) in [5, 5.41) is 0. The molecule has 1 aliphatic heterocycles. The zero-order valence-corrected chi connectivity index (χ0v) is 18.8. The number of cyclic esters (lactones) is 1. The fourth-order valence-electron chi connectivity index (χ4n) is 2.80. The molecule has 154 valence electrons. The number of benzene rings is 3. The zero-order chi connectivity index (χ0) is 22.0. The summed E-state index contributed by atoms with van der Waals surface area (Å²) in [5.41, 5.74) is 1.12. The van der Waals surface area contributed by atoms with Crippen LogP contribution in [0.3, 0.4) is 0 Å². The maximum atomic E-state index is 14.0. The SMILES string of the molecule is O=C1OC(c2ccccc2F)=N/C1=C\c1cc(Br)c(OC(=O)c2ccccc2)c(Br)c1. The molecule has 0 spiro atoms. The van der Waals surface area contributed by atoms with Crippen molar-refractivity contribution in [3.63, 3.8) is 0 Å². The summed E-state index contributed by atoms with van der Waals surface area (Å²) in [6, 6.07) is 17.8. The fourth-order valence-corrected chi connectivity index (χ4v) is 4.19. The molecular weight excluding hydrogens is 533 g/mol. The van der Waals surface area contributed by atoms with Crippen LogP contribution >= 0.6 is 31.9 Å². The predicted octanol–water partition coefficient (Wildman–Crippen LogP) is 5.91. The smallest absolute Gasteiger partial charge is 0.363 e. The molecule has 8 heteroatoms. The molecule has 0 bridgehead atoms. The Morgan fingerprint density at radius 3 is 2.32 bits per heavy atom. The first-order valence-electron chi connectivity index (χ1n) is 8.96. The number of esters is 2. The van der Waals surface area contributed by atoms with Crippen molar-refractivity contribution in [1.29, 1.82) is 0 Å². The minimum Gasteiger partial charge on any atom is -0.421 e. The molecule has 0 atom stereocenters. The Labute approximate surface area is 193 Å². The van der Waals surface area contributed by atoms with E-state index >= 15 is 0 Å². The Hall–Kier alpha value is -3.10. The van der Waals surface area contributed by atoms with Crippen molar-refractivity contribution in [3.8, 4) is 5.75 Å². The molecule has 0 unspecified atom stereocenters. The molecule has 0 aliphatic carbocycles. The van der Waals surface area contributed by atoms with E-state index in [9.17, 15) is 14.0 Å². The topological polar surface area (TPSA) is 65.0 Å². The molecular formula is C23H12Br2FNO4. The predicted molar refractivity (Wildman–Crippen MR) is 120 cm³/mol. The van der Waals surface area contributed by atoms with Gasteiger partial charge in [0.25, 0.3) is 0 Å². The Morgan fingerprint density at radius 1 is 1.00 bits per heavy atom. The van der Waals surface area contributed by atoms with E-state index in [-0.39, 0.29) is 17.2 Å². The number of halogens is 3. The molecule has 0 radical (unpaired) electrons. The average molecular weight is 545 g/mol. The summed E-state index contributed by atoms with van der Waals surface area (Å²) >= 11 is 6.77. The minimum atomic E-state index is -0.690. The van der Waals surface area contributed by atoms with Gasteiger partial charge in [-0.3, -0.25) is 0 Å². The summed E-state index contributed by atoms with van der Waals surface area (Å²) < 4.78 is 25.5. The van der Waals surface area contributed by atoms with Crippen LogP contribution in [0.2, 0.25) is 0 Å². The van der Waals surface area contributed by atoms with Gasteiger partial charge >= 0.3 is 11.9 Å². The lowest BCUT2D eigenvalue weighted by Gasteiger charge is -2.10. The van der Waals surface area contributed by atoms with E-state index in [1.165, 1.54) is 24.3 Å². The van der Waals surface area contributed by atoms with Crippen LogP contribution in [0.4, 0.5) is 4.39 Å². The van der Waals surface area contributed by atoms with Gasteiger partial charge in [0, 0.05) is 0 Å². The molecule has 0 amide bonds. The highest BCUT2D eigenvalue weighted by Gasteiger charge is 2.26. The molecule has 3 aromatic rings. The largest absolute Gasteiger partial charge is 0.421 e. The van der Waals surface area contributed by atoms with Crippen molar-refractivity contribution < 1.29 is 23.5 Å². The molecule has 31 heavy (non-hydrogen) atoms. The van der Waals surface area contributed by atoms with Crippen molar-refractivity contribution in [2.24, 2.45) is 4.99 Å². The quantitative estimate of drug-likeness (QED) is 0.232. The van der Waals surface area contributed by atoms with E-state index in [0.29, 0.717) is 25.8 Å². The van der Waals surface area contributed by atoms with Gasteiger partial charge in [-0.15, -0.1) is 0 Å². The number of nitrogens with zero attached hydrogens (tertiary/aromatic N) is 1. The molecule has 5 nitrogen and oxygen atoms in total. The van der Waals surface area contributed by atoms with E-state index in [2.05, 4.69) is 36.9 Å². The molecule has 4 rings (SSSR count). The Morgan fingerprint density at radius 2 is 1.65 bits per heavy atom. The van der Waals surface area contributed by atoms with Crippen molar-refractivity contribution in [1.82, 2.24) is 0 Å². The van der Waals surface area contributed by atoms with E-state index in [1.807, 2.05) is 0 Å². The van der Waals surface area contributed by atoms with E-state index < -0.39 is 17.8 Å². The van der Waals surface area contributed by atoms with Crippen LogP contribution in [0.25, 0.3) is 6.08 Å². The number of carbonyl (C=O) groups is 2. The average Bonchev–Trinajstić information content (AvgIpc) is 3.11. The van der Waals surface area contributed by atoms with Gasteiger partial charge in [-0.05, 0) is 79.9 Å². The lowest BCUT2D eigenvalue weighted by molar-refractivity contribution is -0.129. The zero-order valence-electron chi connectivity index (χ0n) is 15.6. The second-order valence-electron chi connectivity index (χ2n) is 6.39. The highest BCUT2D eigenvalue weighted by atomic mass is 79.9. The monoisotopic (exact) mass is 543 g/mol. The first kappa shape index (κ1) is 21.1. The number of hydrogen-bond donors (Lipinski definition) is 0. The molecule has 1 aliphatic rings. The van der Waals surface area contributed by atoms with Gasteiger partial charge in [-0.1, -0.05) is 30.3 Å². The fraction of sp³-hybridized carbons (Fsp3) is 0. The third kappa shape index (κ3) is 4.65. The summed E-state index contributed by atoms with van der Waals surface area (Å²) in [6.07, 6.45) is 1.49. The molecule has 0 saturated heterocycles. The molecule has 0 fully saturated rings. The van der Waals surface area contributed by atoms with Crippen LogP contribution in [-0.2, 0) is 9.53 Å². The maximum absolute atomic E-state index is 14.0. The second-order valence-corrected chi connectivity index (χ2v) is 8.09. The lowest BCUT2D eigenvalue weighted by atomic mass is 10.2. The first-order valence-corrected chi connectivity index (χ1v) is 10.5. The third-order valence-corrected chi connectivity index (χ3v) is 5.43. The summed E-state index contributed by atoms with van der Waals surface area (Å²) in [5.74, 6) is -1.54. The number of ether oxygens (including phenoxy) is 2. The van der Waals surface area contributed by atoms with E-state index in [4.69, 9.17) is 9.47 Å². The molecule has 0 aromatic heterocycles. The Kier molecular flexibility index (Phi) is 6.11. The molecule has 0 N–H and O–H groups in total. The van der Waals surface area contributed by atoms with Crippen LogP contribution < -0.4 is 4.74 Å². The van der Waals surface area contributed by atoms with Crippen LogP contribution in [0.15, 0.2) is 86.4 Å². The minimum absolute atomic E-state index is 0.0195. The van der Waals surface area contributed by atoms with Crippen LogP contribution in [-0.4, -0.2) is 17.8 Å². The standard InChI is InChI=1S/C23H12Br2FNO4/c24-16-10-13(11-17(25)20(16)30-22(28)14-6-2-1-3-7-14)12-19-23(29)31-21(27-19)15-8-4-5-9-18(15)26/h1-12H/b19-12-. The number of hydrogen-bond acceptors (Lipinski definition) is 5. The number of carbonyl (C=O) groups excluding carboxylic acids is 2. The highest BCUT2D eigenvalue weighted by molar-refractivity contribution is 9.11. The van der Waals surface area contributed by atoms with Gasteiger partial charge in [0.1, 0.15) is 5.82 Å². The van der Waals surface area contributed by atoms with Gasteiger partial charge in [0.15, 0.2) is 11.4 Å². The van der Waals surface area contributed by atoms with Gasteiger partial charge in [-0.2, -0.15) is 0 Å². The Balaban J connectivity index is 1.61. The van der Waals surface area contributed by atoms with Crippen LogP contribution in [0, 0.1) is 5.82 Å². The van der Waals surface area contributed by atoms with Gasteiger partial charge in [0.2, 0.25) is 5.90 Å². The maximum Gasteiger partial charge on any atom is 0.363 e.